The van der Waals surface area contributed by atoms with Gasteiger partial charge >= 0.3 is 6.18 Å². The second-order valence-electron chi connectivity index (χ2n) is 4.24. The molecular weight excluding hydrogens is 275 g/mol. The Labute approximate surface area is 114 Å². The Morgan fingerprint density at radius 2 is 2.10 bits per heavy atom. The Morgan fingerprint density at radius 3 is 2.55 bits per heavy atom. The first-order valence-corrected chi connectivity index (χ1v) is 6.14. The van der Waals surface area contributed by atoms with Gasteiger partial charge in [0.2, 0.25) is 5.88 Å². The van der Waals surface area contributed by atoms with Crippen LogP contribution < -0.4 is 9.47 Å². The molecule has 4 nitrogen and oxygen atoms in total. The maximum atomic E-state index is 12.0. The molecule has 0 unspecified atom stereocenters. The molecule has 0 saturated heterocycles. The largest absolute Gasteiger partial charge is 0.481 e. The molecule has 1 aromatic heterocycles. The first-order valence-electron chi connectivity index (χ1n) is 6.14. The number of ketones is 1. The number of carbonyl (C=O) groups excluding carboxylic acids is 1. The highest BCUT2D eigenvalue weighted by Gasteiger charge is 2.28. The molecule has 0 radical (unpaired) electrons. The Hall–Kier alpha value is -1.79. The van der Waals surface area contributed by atoms with E-state index in [9.17, 15) is 18.0 Å². The van der Waals surface area contributed by atoms with E-state index in [1.807, 2.05) is 6.92 Å². The van der Waals surface area contributed by atoms with Crippen LogP contribution in [0.25, 0.3) is 0 Å². The average molecular weight is 291 g/mol. The van der Waals surface area contributed by atoms with Gasteiger partial charge in [-0.05, 0) is 19.4 Å². The monoisotopic (exact) mass is 291 g/mol. The third-order valence-corrected chi connectivity index (χ3v) is 2.38. The molecule has 0 aliphatic rings. The maximum absolute atomic E-state index is 12.0. The molecule has 7 heteroatoms. The number of alkyl halides is 3. The summed E-state index contributed by atoms with van der Waals surface area (Å²) < 4.78 is 45.7. The van der Waals surface area contributed by atoms with Crippen molar-refractivity contribution < 1.29 is 27.4 Å². The van der Waals surface area contributed by atoms with Gasteiger partial charge in [0.05, 0.1) is 6.20 Å². The number of Topliss-reactive ketones (excluding diaryl/α,β-unsaturated/α-hetero) is 1. The molecule has 0 fully saturated rings. The van der Waals surface area contributed by atoms with Crippen LogP contribution in [0.1, 0.15) is 26.7 Å². The van der Waals surface area contributed by atoms with Crippen LogP contribution in [0.15, 0.2) is 18.3 Å². The predicted octanol–water partition coefficient (Wildman–Crippen LogP) is 3.16. The van der Waals surface area contributed by atoms with Crippen molar-refractivity contribution in [1.82, 2.24) is 4.98 Å². The highest BCUT2D eigenvalue weighted by Crippen LogP contribution is 2.20. The molecule has 0 amide bonds. The number of halogens is 3. The van der Waals surface area contributed by atoms with Crippen LogP contribution in [-0.4, -0.2) is 29.7 Å². The summed E-state index contributed by atoms with van der Waals surface area (Å²) in [7, 11) is 0. The van der Waals surface area contributed by atoms with Crippen molar-refractivity contribution >= 4 is 5.78 Å². The minimum absolute atomic E-state index is 0.107. The van der Waals surface area contributed by atoms with Crippen LogP contribution in [-0.2, 0) is 4.79 Å². The number of carbonyl (C=O) groups is 1. The summed E-state index contributed by atoms with van der Waals surface area (Å²) in [5, 5.41) is 0. The van der Waals surface area contributed by atoms with Gasteiger partial charge in [0.1, 0.15) is 5.75 Å². The Morgan fingerprint density at radius 1 is 1.40 bits per heavy atom. The maximum Gasteiger partial charge on any atom is 0.422 e. The Kier molecular flexibility index (Phi) is 5.79. The average Bonchev–Trinajstić information content (AvgIpc) is 2.36. The lowest BCUT2D eigenvalue weighted by Crippen LogP contribution is -2.24. The van der Waals surface area contributed by atoms with Gasteiger partial charge in [-0.2, -0.15) is 13.2 Å². The fraction of sp³-hybridized carbons (Fsp3) is 0.538. The second-order valence-corrected chi connectivity index (χ2v) is 4.24. The molecule has 0 spiro atoms. The van der Waals surface area contributed by atoms with Crippen molar-refractivity contribution in [3.63, 3.8) is 0 Å². The predicted molar refractivity (Wildman–Crippen MR) is 65.8 cm³/mol. The lowest BCUT2D eigenvalue weighted by atomic mass is 10.1. The van der Waals surface area contributed by atoms with Crippen molar-refractivity contribution in [2.75, 3.05) is 6.61 Å². The van der Waals surface area contributed by atoms with Gasteiger partial charge < -0.3 is 9.47 Å². The van der Waals surface area contributed by atoms with Gasteiger partial charge in [-0.1, -0.05) is 13.3 Å². The topological polar surface area (TPSA) is 48.4 Å². The highest BCUT2D eigenvalue weighted by molar-refractivity contribution is 5.80. The number of ether oxygens (including phenoxy) is 2. The summed E-state index contributed by atoms with van der Waals surface area (Å²) in [5.74, 6) is 0.0619. The fourth-order valence-corrected chi connectivity index (χ4v) is 1.45. The standard InChI is InChI=1S/C13H16F3NO3/c1-3-4-11(9(2)18)20-10-5-6-12(17-7-10)19-8-13(14,15)16/h5-7,11H,3-4,8H2,1-2H3/t11-/m1/s1. The van der Waals surface area contributed by atoms with Crippen molar-refractivity contribution in [3.05, 3.63) is 18.3 Å². The molecule has 1 heterocycles. The van der Waals surface area contributed by atoms with E-state index in [4.69, 9.17) is 4.74 Å². The minimum atomic E-state index is -4.41. The molecule has 1 rings (SSSR count). The summed E-state index contributed by atoms with van der Waals surface area (Å²) in [5.41, 5.74) is 0. The van der Waals surface area contributed by atoms with E-state index in [1.165, 1.54) is 25.3 Å². The molecule has 0 aliphatic heterocycles. The zero-order valence-corrected chi connectivity index (χ0v) is 11.2. The highest BCUT2D eigenvalue weighted by atomic mass is 19.4. The number of nitrogens with zero attached hydrogens (tertiary/aromatic N) is 1. The molecule has 0 bridgehead atoms. The summed E-state index contributed by atoms with van der Waals surface area (Å²) >= 11 is 0. The molecule has 0 aromatic carbocycles. The molecule has 20 heavy (non-hydrogen) atoms. The number of rotatable bonds is 7. The quantitative estimate of drug-likeness (QED) is 0.774. The minimum Gasteiger partial charge on any atom is -0.481 e. The van der Waals surface area contributed by atoms with Gasteiger partial charge in [0.25, 0.3) is 0 Å². The fourth-order valence-electron chi connectivity index (χ4n) is 1.45. The molecule has 112 valence electrons. The van der Waals surface area contributed by atoms with Crippen molar-refractivity contribution in [3.8, 4) is 11.6 Å². The van der Waals surface area contributed by atoms with E-state index in [0.717, 1.165) is 6.42 Å². The first-order chi connectivity index (χ1) is 9.31. The van der Waals surface area contributed by atoms with E-state index in [-0.39, 0.29) is 11.7 Å². The summed E-state index contributed by atoms with van der Waals surface area (Å²) in [6.07, 6.45) is -2.38. The van der Waals surface area contributed by atoms with Crippen LogP contribution in [0.4, 0.5) is 13.2 Å². The zero-order valence-electron chi connectivity index (χ0n) is 11.2. The van der Waals surface area contributed by atoms with E-state index < -0.39 is 18.9 Å². The van der Waals surface area contributed by atoms with Crippen LogP contribution in [0.2, 0.25) is 0 Å². The number of hydrogen-bond acceptors (Lipinski definition) is 4. The third kappa shape index (κ3) is 5.90. The summed E-state index contributed by atoms with van der Waals surface area (Å²) in [4.78, 5) is 15.0. The second kappa shape index (κ2) is 7.12. The van der Waals surface area contributed by atoms with Crippen molar-refractivity contribution in [1.29, 1.82) is 0 Å². The van der Waals surface area contributed by atoms with E-state index in [2.05, 4.69) is 9.72 Å². The van der Waals surface area contributed by atoms with Gasteiger partial charge in [0, 0.05) is 6.07 Å². The van der Waals surface area contributed by atoms with Crippen LogP contribution >= 0.6 is 0 Å². The summed E-state index contributed by atoms with van der Waals surface area (Å²) in [6, 6.07) is 2.69. The van der Waals surface area contributed by atoms with Gasteiger partial charge in [0.15, 0.2) is 18.5 Å². The van der Waals surface area contributed by atoms with E-state index in [1.54, 1.807) is 0 Å². The zero-order chi connectivity index (χ0) is 15.2. The van der Waals surface area contributed by atoms with Gasteiger partial charge in [-0.15, -0.1) is 0 Å². The Balaban J connectivity index is 2.59. The third-order valence-electron chi connectivity index (χ3n) is 2.38. The molecule has 0 aliphatic carbocycles. The number of hydrogen-bond donors (Lipinski definition) is 0. The number of aromatic nitrogens is 1. The smallest absolute Gasteiger partial charge is 0.422 e. The van der Waals surface area contributed by atoms with Crippen LogP contribution in [0.3, 0.4) is 0 Å². The van der Waals surface area contributed by atoms with Crippen molar-refractivity contribution in [2.24, 2.45) is 0 Å². The lowest BCUT2D eigenvalue weighted by molar-refractivity contribution is -0.154. The molecule has 0 N–H and O–H groups in total. The number of pyridine rings is 1. The molecule has 1 aromatic rings. The first kappa shape index (κ1) is 16.3. The van der Waals surface area contributed by atoms with E-state index >= 15 is 0 Å². The summed E-state index contributed by atoms with van der Waals surface area (Å²) in [6.45, 7) is 1.95. The molecular formula is C13H16F3NO3. The van der Waals surface area contributed by atoms with E-state index in [0.29, 0.717) is 12.2 Å². The van der Waals surface area contributed by atoms with Gasteiger partial charge in [-0.3, -0.25) is 4.79 Å². The SMILES string of the molecule is CCC[C@@H](Oc1ccc(OCC(F)(F)F)nc1)C(C)=O. The molecule has 0 saturated carbocycles. The van der Waals surface area contributed by atoms with Gasteiger partial charge in [-0.25, -0.2) is 4.98 Å². The lowest BCUT2D eigenvalue weighted by Gasteiger charge is -2.15. The van der Waals surface area contributed by atoms with Crippen LogP contribution in [0.5, 0.6) is 11.6 Å². The van der Waals surface area contributed by atoms with Crippen molar-refractivity contribution in [2.45, 2.75) is 39.0 Å². The Bertz CT molecular complexity index is 431. The molecule has 1 atom stereocenters. The normalized spacial score (nSPS) is 12.8. The van der Waals surface area contributed by atoms with Crippen LogP contribution in [0, 0.1) is 0 Å².